The molecule has 5 nitrogen and oxygen atoms in total. The van der Waals surface area contributed by atoms with Gasteiger partial charge in [0.15, 0.2) is 0 Å². The molecule has 0 fully saturated rings. The van der Waals surface area contributed by atoms with Gasteiger partial charge in [-0.2, -0.15) is 0 Å². The molecule has 1 atom stereocenters. The number of nitrogens with one attached hydrogen (secondary N) is 2. The molecule has 0 saturated carbocycles. The van der Waals surface area contributed by atoms with Crippen LogP contribution in [-0.4, -0.2) is 17.9 Å². The lowest BCUT2D eigenvalue weighted by atomic mass is 9.87. The molecule has 1 aromatic carbocycles. The van der Waals surface area contributed by atoms with Crippen LogP contribution in [0, 0.1) is 11.3 Å². The number of hydrogen-bond donors (Lipinski definition) is 3. The van der Waals surface area contributed by atoms with E-state index in [0.29, 0.717) is 11.4 Å². The first kappa shape index (κ1) is 17.2. The molecule has 116 valence electrons. The zero-order valence-electron chi connectivity index (χ0n) is 13.4. The van der Waals surface area contributed by atoms with Crippen LogP contribution in [0.25, 0.3) is 0 Å². The highest BCUT2D eigenvalue weighted by Crippen LogP contribution is 2.20. The Hall–Kier alpha value is -1.88. The summed E-state index contributed by atoms with van der Waals surface area (Å²) in [5.41, 5.74) is 6.87. The molecule has 0 radical (unpaired) electrons. The Labute approximate surface area is 126 Å². The summed E-state index contributed by atoms with van der Waals surface area (Å²) in [7, 11) is 0. The van der Waals surface area contributed by atoms with Crippen molar-refractivity contribution in [2.45, 2.75) is 40.7 Å². The maximum atomic E-state index is 12.1. The molecule has 0 spiro atoms. The fourth-order valence-electron chi connectivity index (χ4n) is 1.57. The van der Waals surface area contributed by atoms with E-state index in [0.717, 1.165) is 0 Å². The van der Waals surface area contributed by atoms with Crippen molar-refractivity contribution in [2.24, 2.45) is 17.1 Å². The molecule has 0 aromatic heterocycles. The Morgan fingerprint density at radius 1 is 1.05 bits per heavy atom. The number of nitrogens with two attached hydrogens (primary N) is 1. The van der Waals surface area contributed by atoms with E-state index in [-0.39, 0.29) is 23.1 Å². The molecule has 1 aromatic rings. The fraction of sp³-hybridized carbons (Fsp3) is 0.500. The number of rotatable bonds is 4. The van der Waals surface area contributed by atoms with E-state index >= 15 is 0 Å². The van der Waals surface area contributed by atoms with Gasteiger partial charge in [0.25, 0.3) is 0 Å². The van der Waals surface area contributed by atoms with Gasteiger partial charge >= 0.3 is 0 Å². The fourth-order valence-corrected chi connectivity index (χ4v) is 1.57. The Morgan fingerprint density at radius 3 is 1.95 bits per heavy atom. The maximum absolute atomic E-state index is 12.1. The van der Waals surface area contributed by atoms with Gasteiger partial charge in [-0.05, 0) is 23.6 Å². The van der Waals surface area contributed by atoms with E-state index < -0.39 is 6.04 Å². The Kier molecular flexibility index (Phi) is 5.49. The van der Waals surface area contributed by atoms with Crippen molar-refractivity contribution in [2.75, 3.05) is 10.6 Å². The second kappa shape index (κ2) is 6.72. The number of amides is 2. The smallest absolute Gasteiger partial charge is 0.241 e. The van der Waals surface area contributed by atoms with Gasteiger partial charge in [0.05, 0.1) is 6.04 Å². The molecule has 0 aliphatic carbocycles. The number of benzene rings is 1. The maximum Gasteiger partial charge on any atom is 0.241 e. The normalized spacial score (nSPS) is 12.9. The summed E-state index contributed by atoms with van der Waals surface area (Å²) in [6.45, 7) is 9.39. The first-order valence-corrected chi connectivity index (χ1v) is 7.08. The topological polar surface area (TPSA) is 84.2 Å². The van der Waals surface area contributed by atoms with E-state index in [4.69, 9.17) is 5.73 Å². The summed E-state index contributed by atoms with van der Waals surface area (Å²) in [5, 5.41) is 5.57. The van der Waals surface area contributed by atoms with Gasteiger partial charge in [-0.3, -0.25) is 9.59 Å². The van der Waals surface area contributed by atoms with Gasteiger partial charge in [0.1, 0.15) is 0 Å². The van der Waals surface area contributed by atoms with E-state index in [9.17, 15) is 9.59 Å². The van der Waals surface area contributed by atoms with Crippen LogP contribution in [0.15, 0.2) is 24.3 Å². The zero-order valence-corrected chi connectivity index (χ0v) is 13.4. The van der Waals surface area contributed by atoms with E-state index in [1.54, 1.807) is 24.3 Å². The summed E-state index contributed by atoms with van der Waals surface area (Å²) in [6.07, 6.45) is 0. The van der Waals surface area contributed by atoms with Gasteiger partial charge in [-0.25, -0.2) is 0 Å². The summed E-state index contributed by atoms with van der Waals surface area (Å²) in [6, 6.07) is 6.42. The minimum absolute atomic E-state index is 0.0649. The third kappa shape index (κ3) is 5.19. The average Bonchev–Trinajstić information content (AvgIpc) is 2.36. The standard InChI is InChI=1S/C16H25N3O2/c1-10(2)14(20)18-11-7-6-8-12(9-11)19-15(21)13(17)16(3,4)5/h6-10,13H,17H2,1-5H3,(H,18,20)(H,19,21)/t13-/m1/s1. The largest absolute Gasteiger partial charge is 0.326 e. The van der Waals surface area contributed by atoms with E-state index in [1.165, 1.54) is 0 Å². The SMILES string of the molecule is CC(C)C(=O)Nc1cccc(NC(=O)[C@@H](N)C(C)(C)C)c1. The van der Waals surface area contributed by atoms with Gasteiger partial charge in [0.2, 0.25) is 11.8 Å². The Morgan fingerprint density at radius 2 is 1.52 bits per heavy atom. The summed E-state index contributed by atoms with van der Waals surface area (Å²) < 4.78 is 0. The minimum atomic E-state index is -0.605. The predicted molar refractivity (Wildman–Crippen MR) is 86.0 cm³/mol. The number of anilines is 2. The molecule has 0 saturated heterocycles. The van der Waals surface area contributed by atoms with Crippen molar-refractivity contribution in [1.29, 1.82) is 0 Å². The number of carbonyl (C=O) groups is 2. The lowest BCUT2D eigenvalue weighted by molar-refractivity contribution is -0.119. The van der Waals surface area contributed by atoms with Crippen molar-refractivity contribution in [1.82, 2.24) is 0 Å². The number of hydrogen-bond acceptors (Lipinski definition) is 3. The van der Waals surface area contributed by atoms with Gasteiger partial charge in [-0.15, -0.1) is 0 Å². The number of carbonyl (C=O) groups excluding carboxylic acids is 2. The summed E-state index contributed by atoms with van der Waals surface area (Å²) in [5.74, 6) is -0.405. The molecule has 0 aliphatic rings. The zero-order chi connectivity index (χ0) is 16.2. The molecular formula is C16H25N3O2. The van der Waals surface area contributed by atoms with Crippen LogP contribution in [0.1, 0.15) is 34.6 Å². The molecule has 0 unspecified atom stereocenters. The molecule has 0 heterocycles. The van der Waals surface area contributed by atoms with Crippen LogP contribution in [-0.2, 0) is 9.59 Å². The molecule has 0 bridgehead atoms. The minimum Gasteiger partial charge on any atom is -0.326 e. The van der Waals surface area contributed by atoms with Gasteiger partial charge < -0.3 is 16.4 Å². The predicted octanol–water partition coefficient (Wildman–Crippen LogP) is 2.59. The molecular weight excluding hydrogens is 266 g/mol. The highest BCUT2D eigenvalue weighted by molar-refractivity contribution is 5.97. The van der Waals surface area contributed by atoms with Crippen molar-refractivity contribution in [3.8, 4) is 0 Å². The first-order valence-electron chi connectivity index (χ1n) is 7.08. The summed E-state index contributed by atoms with van der Waals surface area (Å²) in [4.78, 5) is 23.7. The van der Waals surface area contributed by atoms with Crippen LogP contribution in [0.2, 0.25) is 0 Å². The van der Waals surface area contributed by atoms with Crippen LogP contribution >= 0.6 is 0 Å². The quantitative estimate of drug-likeness (QED) is 0.797. The lowest BCUT2D eigenvalue weighted by Crippen LogP contribution is -2.45. The first-order chi connectivity index (χ1) is 9.61. The highest BCUT2D eigenvalue weighted by Gasteiger charge is 2.27. The monoisotopic (exact) mass is 291 g/mol. The molecule has 1 rings (SSSR count). The molecule has 21 heavy (non-hydrogen) atoms. The average molecular weight is 291 g/mol. The molecule has 5 heteroatoms. The third-order valence-corrected chi connectivity index (χ3v) is 3.14. The lowest BCUT2D eigenvalue weighted by Gasteiger charge is -2.25. The molecule has 0 aliphatic heterocycles. The van der Waals surface area contributed by atoms with Gasteiger partial charge in [-0.1, -0.05) is 40.7 Å². The Balaban J connectivity index is 2.77. The second-order valence-electron chi connectivity index (χ2n) is 6.56. The van der Waals surface area contributed by atoms with Gasteiger partial charge in [0, 0.05) is 17.3 Å². The summed E-state index contributed by atoms with van der Waals surface area (Å²) >= 11 is 0. The molecule has 4 N–H and O–H groups in total. The molecule has 2 amide bonds. The van der Waals surface area contributed by atoms with Crippen LogP contribution in [0.3, 0.4) is 0 Å². The van der Waals surface area contributed by atoms with Crippen molar-refractivity contribution in [3.63, 3.8) is 0 Å². The third-order valence-electron chi connectivity index (χ3n) is 3.14. The highest BCUT2D eigenvalue weighted by atomic mass is 16.2. The van der Waals surface area contributed by atoms with E-state index in [1.807, 2.05) is 34.6 Å². The van der Waals surface area contributed by atoms with Crippen LogP contribution in [0.5, 0.6) is 0 Å². The van der Waals surface area contributed by atoms with Crippen LogP contribution in [0.4, 0.5) is 11.4 Å². The second-order valence-corrected chi connectivity index (χ2v) is 6.56. The van der Waals surface area contributed by atoms with E-state index in [2.05, 4.69) is 10.6 Å². The van der Waals surface area contributed by atoms with Crippen molar-refractivity contribution < 1.29 is 9.59 Å². The van der Waals surface area contributed by atoms with Crippen molar-refractivity contribution >= 4 is 23.2 Å². The Bertz CT molecular complexity index is 518. The van der Waals surface area contributed by atoms with Crippen molar-refractivity contribution in [3.05, 3.63) is 24.3 Å². The van der Waals surface area contributed by atoms with Crippen LogP contribution < -0.4 is 16.4 Å².